The Labute approximate surface area is 124 Å². The van der Waals surface area contributed by atoms with Crippen LogP contribution in [0.1, 0.15) is 34.1 Å². The Balaban J connectivity index is 2.70. The molecule has 0 bridgehead atoms. The molecule has 0 unspecified atom stereocenters. The SMILES string of the molecule is CCN(CCCN(C)C)c1cccc(NC(C)(C)C)n1. The van der Waals surface area contributed by atoms with E-state index in [0.717, 1.165) is 37.7 Å². The Bertz CT molecular complexity index is 396. The van der Waals surface area contributed by atoms with Gasteiger partial charge >= 0.3 is 0 Å². The van der Waals surface area contributed by atoms with Crippen LogP contribution in [0, 0.1) is 0 Å². The molecule has 4 heteroatoms. The summed E-state index contributed by atoms with van der Waals surface area (Å²) in [5, 5.41) is 3.43. The Morgan fingerprint density at radius 3 is 2.40 bits per heavy atom. The predicted octanol–water partition coefficient (Wildman–Crippen LogP) is 3.07. The molecular weight excluding hydrogens is 248 g/mol. The van der Waals surface area contributed by atoms with E-state index in [2.05, 4.69) is 69.0 Å². The lowest BCUT2D eigenvalue weighted by Gasteiger charge is -2.25. The van der Waals surface area contributed by atoms with E-state index in [9.17, 15) is 0 Å². The standard InChI is InChI=1S/C16H30N4/c1-7-20(13-9-12-19(5)6)15-11-8-10-14(17-15)18-16(2,3)4/h8,10-11H,7,9,12-13H2,1-6H3,(H,17,18). The van der Waals surface area contributed by atoms with Gasteiger partial charge in [0.2, 0.25) is 0 Å². The van der Waals surface area contributed by atoms with Crippen molar-refractivity contribution in [2.24, 2.45) is 0 Å². The first-order valence-electron chi connectivity index (χ1n) is 7.47. The largest absolute Gasteiger partial charge is 0.365 e. The summed E-state index contributed by atoms with van der Waals surface area (Å²) in [5.41, 5.74) is 0.0353. The molecule has 0 fully saturated rings. The molecule has 1 rings (SSSR count). The average Bonchev–Trinajstić information content (AvgIpc) is 2.32. The second-order valence-corrected chi connectivity index (χ2v) is 6.49. The van der Waals surface area contributed by atoms with Gasteiger partial charge in [-0.15, -0.1) is 0 Å². The molecule has 114 valence electrons. The third-order valence-electron chi connectivity index (χ3n) is 2.98. The average molecular weight is 278 g/mol. The summed E-state index contributed by atoms with van der Waals surface area (Å²) in [5.74, 6) is 2.00. The molecule has 0 saturated heterocycles. The zero-order valence-electron chi connectivity index (χ0n) is 13.9. The highest BCUT2D eigenvalue weighted by Gasteiger charge is 2.12. The highest BCUT2D eigenvalue weighted by atomic mass is 15.2. The van der Waals surface area contributed by atoms with Crippen molar-refractivity contribution in [3.8, 4) is 0 Å². The van der Waals surface area contributed by atoms with Gasteiger partial charge in [0, 0.05) is 18.6 Å². The molecule has 0 amide bonds. The second-order valence-electron chi connectivity index (χ2n) is 6.49. The zero-order chi connectivity index (χ0) is 15.2. The van der Waals surface area contributed by atoms with Crippen LogP contribution < -0.4 is 10.2 Å². The van der Waals surface area contributed by atoms with Crippen molar-refractivity contribution in [2.75, 3.05) is 43.9 Å². The van der Waals surface area contributed by atoms with Crippen molar-refractivity contribution in [1.82, 2.24) is 9.88 Å². The topological polar surface area (TPSA) is 31.4 Å². The Hall–Kier alpha value is -1.29. The minimum absolute atomic E-state index is 0.0353. The maximum Gasteiger partial charge on any atom is 0.130 e. The van der Waals surface area contributed by atoms with Gasteiger partial charge in [-0.3, -0.25) is 0 Å². The smallest absolute Gasteiger partial charge is 0.130 e. The van der Waals surface area contributed by atoms with Crippen molar-refractivity contribution in [2.45, 2.75) is 39.7 Å². The summed E-state index contributed by atoms with van der Waals surface area (Å²) < 4.78 is 0. The monoisotopic (exact) mass is 278 g/mol. The fourth-order valence-corrected chi connectivity index (χ4v) is 2.07. The van der Waals surface area contributed by atoms with E-state index >= 15 is 0 Å². The lowest BCUT2D eigenvalue weighted by Crippen LogP contribution is -2.29. The molecule has 4 nitrogen and oxygen atoms in total. The minimum Gasteiger partial charge on any atom is -0.365 e. The van der Waals surface area contributed by atoms with Crippen molar-refractivity contribution in [1.29, 1.82) is 0 Å². The highest BCUT2D eigenvalue weighted by Crippen LogP contribution is 2.17. The van der Waals surface area contributed by atoms with E-state index in [0.29, 0.717) is 0 Å². The Morgan fingerprint density at radius 2 is 1.85 bits per heavy atom. The van der Waals surface area contributed by atoms with Crippen LogP contribution in [0.3, 0.4) is 0 Å². The molecule has 1 N–H and O–H groups in total. The van der Waals surface area contributed by atoms with Crippen LogP contribution in [0.5, 0.6) is 0 Å². The molecule has 0 spiro atoms. The first-order valence-corrected chi connectivity index (χ1v) is 7.47. The molecule has 0 aliphatic heterocycles. The Kier molecular flexibility index (Phi) is 6.27. The van der Waals surface area contributed by atoms with E-state index in [1.54, 1.807) is 0 Å². The van der Waals surface area contributed by atoms with E-state index < -0.39 is 0 Å². The normalized spacial score (nSPS) is 11.8. The number of hydrogen-bond donors (Lipinski definition) is 1. The quantitative estimate of drug-likeness (QED) is 0.830. The number of nitrogens with one attached hydrogen (secondary N) is 1. The van der Waals surface area contributed by atoms with Crippen molar-refractivity contribution in [3.05, 3.63) is 18.2 Å². The number of hydrogen-bond acceptors (Lipinski definition) is 4. The third-order valence-corrected chi connectivity index (χ3v) is 2.98. The molecule has 1 heterocycles. The van der Waals surface area contributed by atoms with Crippen LogP contribution in [0.4, 0.5) is 11.6 Å². The van der Waals surface area contributed by atoms with Crippen LogP contribution in [-0.2, 0) is 0 Å². The lowest BCUT2D eigenvalue weighted by molar-refractivity contribution is 0.400. The van der Waals surface area contributed by atoms with Gasteiger partial charge in [0.25, 0.3) is 0 Å². The molecule has 20 heavy (non-hydrogen) atoms. The summed E-state index contributed by atoms with van der Waals surface area (Å²) in [7, 11) is 4.23. The third kappa shape index (κ3) is 6.24. The maximum absolute atomic E-state index is 4.73. The van der Waals surface area contributed by atoms with Gasteiger partial charge in [0.05, 0.1) is 0 Å². The van der Waals surface area contributed by atoms with Gasteiger partial charge in [-0.1, -0.05) is 6.07 Å². The van der Waals surface area contributed by atoms with Crippen LogP contribution >= 0.6 is 0 Å². The molecule has 1 aromatic rings. The second kappa shape index (κ2) is 7.48. The molecular formula is C16H30N4. The van der Waals surface area contributed by atoms with Crippen LogP contribution in [0.15, 0.2) is 18.2 Å². The molecule has 1 aromatic heterocycles. The number of pyridine rings is 1. The maximum atomic E-state index is 4.73. The molecule has 0 atom stereocenters. The van der Waals surface area contributed by atoms with Gasteiger partial charge in [0.15, 0.2) is 0 Å². The Morgan fingerprint density at radius 1 is 1.15 bits per heavy atom. The van der Waals surface area contributed by atoms with E-state index in [1.807, 2.05) is 6.07 Å². The lowest BCUT2D eigenvalue weighted by atomic mass is 10.1. The molecule has 0 radical (unpaired) electrons. The predicted molar refractivity (Wildman–Crippen MR) is 88.7 cm³/mol. The number of aromatic nitrogens is 1. The summed E-state index contributed by atoms with van der Waals surface area (Å²) in [6, 6.07) is 6.19. The van der Waals surface area contributed by atoms with Crippen molar-refractivity contribution in [3.63, 3.8) is 0 Å². The summed E-state index contributed by atoms with van der Waals surface area (Å²) in [6.07, 6.45) is 1.15. The van der Waals surface area contributed by atoms with Crippen LogP contribution in [-0.4, -0.2) is 49.2 Å². The molecule has 0 aromatic carbocycles. The number of nitrogens with zero attached hydrogens (tertiary/aromatic N) is 3. The van der Waals surface area contributed by atoms with Gasteiger partial charge in [-0.25, -0.2) is 4.98 Å². The molecule has 0 saturated carbocycles. The van der Waals surface area contributed by atoms with E-state index in [4.69, 9.17) is 4.98 Å². The number of anilines is 2. The van der Waals surface area contributed by atoms with Gasteiger partial charge in [0.1, 0.15) is 11.6 Å². The summed E-state index contributed by atoms with van der Waals surface area (Å²) >= 11 is 0. The van der Waals surface area contributed by atoms with Crippen molar-refractivity contribution < 1.29 is 0 Å². The fraction of sp³-hybridized carbons (Fsp3) is 0.688. The highest BCUT2D eigenvalue weighted by molar-refractivity contribution is 5.47. The first kappa shape index (κ1) is 16.8. The van der Waals surface area contributed by atoms with Crippen LogP contribution in [0.25, 0.3) is 0 Å². The van der Waals surface area contributed by atoms with Gasteiger partial charge in [-0.2, -0.15) is 0 Å². The summed E-state index contributed by atoms with van der Waals surface area (Å²) in [4.78, 5) is 9.28. The minimum atomic E-state index is 0.0353. The van der Waals surface area contributed by atoms with Gasteiger partial charge in [-0.05, 0) is 66.9 Å². The zero-order valence-corrected chi connectivity index (χ0v) is 13.9. The first-order chi connectivity index (χ1) is 9.31. The van der Waals surface area contributed by atoms with E-state index in [-0.39, 0.29) is 5.54 Å². The van der Waals surface area contributed by atoms with Gasteiger partial charge < -0.3 is 15.1 Å². The summed E-state index contributed by atoms with van der Waals surface area (Å²) in [6.45, 7) is 11.8. The van der Waals surface area contributed by atoms with E-state index in [1.165, 1.54) is 0 Å². The van der Waals surface area contributed by atoms with Crippen LogP contribution in [0.2, 0.25) is 0 Å². The van der Waals surface area contributed by atoms with Crippen molar-refractivity contribution >= 4 is 11.6 Å². The molecule has 0 aliphatic carbocycles. The number of rotatable bonds is 7. The molecule has 0 aliphatic rings. The fourth-order valence-electron chi connectivity index (χ4n) is 2.07.